The molecule has 0 aromatic heterocycles. The summed E-state index contributed by atoms with van der Waals surface area (Å²) in [5.41, 5.74) is -0.0801. The van der Waals surface area contributed by atoms with Crippen molar-refractivity contribution in [2.45, 2.75) is 0 Å². The highest BCUT2D eigenvalue weighted by Crippen LogP contribution is 2.15. The second-order valence-electron chi connectivity index (χ2n) is 3.05. The van der Waals surface area contributed by atoms with Gasteiger partial charge in [-0.05, 0) is 12.1 Å². The number of benzene rings is 1. The van der Waals surface area contributed by atoms with Crippen LogP contribution in [0.25, 0.3) is 0 Å². The van der Waals surface area contributed by atoms with Crippen LogP contribution in [0.1, 0.15) is 0 Å². The largest absolute Gasteiger partial charge is 0.508 e. The van der Waals surface area contributed by atoms with Gasteiger partial charge in [-0.1, -0.05) is 6.07 Å². The molecule has 1 rings (SSSR count). The summed E-state index contributed by atoms with van der Waals surface area (Å²) < 4.78 is 4.31. The Labute approximate surface area is 97.1 Å². The number of carboxylic acids is 1. The third-order valence-electron chi connectivity index (χ3n) is 1.87. The molecule has 0 saturated carbocycles. The number of hydrogen-bond donors (Lipinski definition) is 3. The molecule has 0 atom stereocenters. The summed E-state index contributed by atoms with van der Waals surface area (Å²) in [6, 6.07) is 6.03. The zero-order chi connectivity index (χ0) is 12.8. The molecule has 6 nitrogen and oxygen atoms in total. The van der Waals surface area contributed by atoms with E-state index >= 15 is 0 Å². The van der Waals surface area contributed by atoms with E-state index in [9.17, 15) is 14.7 Å². The molecular formula is C11H11NO5. The van der Waals surface area contributed by atoms with E-state index in [2.05, 4.69) is 10.1 Å². The Morgan fingerprint density at radius 2 is 2.12 bits per heavy atom. The summed E-state index contributed by atoms with van der Waals surface area (Å²) >= 11 is 0. The van der Waals surface area contributed by atoms with Gasteiger partial charge in [0.05, 0.1) is 7.11 Å². The molecule has 0 aliphatic rings. The molecule has 0 radical (unpaired) electrons. The lowest BCUT2D eigenvalue weighted by atomic mass is 10.2. The molecule has 0 heterocycles. The molecule has 17 heavy (non-hydrogen) atoms. The number of carbonyl (C=O) groups excluding carboxylic acids is 1. The number of ether oxygens (including phenoxy) is 1. The fraction of sp³-hybridized carbons (Fsp3) is 0.0909. The Bertz CT molecular complexity index is 467. The fourth-order valence-electron chi connectivity index (χ4n) is 1.07. The highest BCUT2D eigenvalue weighted by molar-refractivity contribution is 6.13. The van der Waals surface area contributed by atoms with Crippen LogP contribution >= 0.6 is 0 Å². The molecule has 0 aliphatic carbocycles. The average molecular weight is 237 g/mol. The minimum absolute atomic E-state index is 0.0262. The van der Waals surface area contributed by atoms with Crippen LogP contribution in [0.3, 0.4) is 0 Å². The molecule has 0 bridgehead atoms. The number of anilines is 1. The number of methoxy groups -OCH3 is 1. The monoisotopic (exact) mass is 237 g/mol. The maximum atomic E-state index is 11.1. The molecule has 6 heteroatoms. The van der Waals surface area contributed by atoms with Crippen molar-refractivity contribution < 1.29 is 24.5 Å². The summed E-state index contributed by atoms with van der Waals surface area (Å²) in [4.78, 5) is 21.8. The highest BCUT2D eigenvalue weighted by atomic mass is 16.5. The Morgan fingerprint density at radius 3 is 2.65 bits per heavy atom. The number of rotatable bonds is 4. The van der Waals surface area contributed by atoms with Gasteiger partial charge in [-0.15, -0.1) is 0 Å². The van der Waals surface area contributed by atoms with Crippen LogP contribution in [-0.4, -0.2) is 29.3 Å². The molecule has 0 fully saturated rings. The highest BCUT2D eigenvalue weighted by Gasteiger charge is 2.17. The molecule has 0 saturated heterocycles. The van der Waals surface area contributed by atoms with Gasteiger partial charge in [0, 0.05) is 18.0 Å². The van der Waals surface area contributed by atoms with Crippen molar-refractivity contribution in [3.63, 3.8) is 0 Å². The summed E-state index contributed by atoms with van der Waals surface area (Å²) in [5.74, 6) is -2.33. The van der Waals surface area contributed by atoms with E-state index in [4.69, 9.17) is 5.11 Å². The smallest absolute Gasteiger partial charge is 0.346 e. The molecule has 0 unspecified atom stereocenters. The fourth-order valence-corrected chi connectivity index (χ4v) is 1.07. The maximum absolute atomic E-state index is 11.1. The number of phenolic OH excluding ortho intramolecular Hbond substituents is 1. The predicted octanol–water partition coefficient (Wildman–Crippen LogP) is 0.946. The first-order valence-electron chi connectivity index (χ1n) is 4.62. The van der Waals surface area contributed by atoms with E-state index in [0.717, 1.165) is 13.3 Å². The number of aromatic hydroxyl groups is 1. The van der Waals surface area contributed by atoms with Gasteiger partial charge in [0.25, 0.3) is 0 Å². The number of nitrogens with one attached hydrogen (secondary N) is 1. The van der Waals surface area contributed by atoms with Gasteiger partial charge >= 0.3 is 11.9 Å². The van der Waals surface area contributed by atoms with Gasteiger partial charge in [-0.2, -0.15) is 0 Å². The lowest BCUT2D eigenvalue weighted by molar-refractivity contribution is -0.142. The van der Waals surface area contributed by atoms with Gasteiger partial charge in [-0.3, -0.25) is 0 Å². The van der Waals surface area contributed by atoms with E-state index in [-0.39, 0.29) is 5.75 Å². The van der Waals surface area contributed by atoms with E-state index in [1.165, 1.54) is 12.1 Å². The van der Waals surface area contributed by atoms with Crippen molar-refractivity contribution in [2.75, 3.05) is 12.4 Å². The first-order valence-corrected chi connectivity index (χ1v) is 4.62. The van der Waals surface area contributed by atoms with Gasteiger partial charge < -0.3 is 20.3 Å². The number of carbonyl (C=O) groups is 2. The Morgan fingerprint density at radius 1 is 1.41 bits per heavy atom. The number of carboxylic acid groups (broad SMARTS) is 1. The summed E-state index contributed by atoms with van der Waals surface area (Å²) in [5, 5.41) is 20.5. The molecular weight excluding hydrogens is 226 g/mol. The predicted molar refractivity (Wildman–Crippen MR) is 59.5 cm³/mol. The zero-order valence-corrected chi connectivity index (χ0v) is 9.01. The first-order chi connectivity index (χ1) is 8.04. The van der Waals surface area contributed by atoms with Gasteiger partial charge in [0.15, 0.2) is 5.57 Å². The van der Waals surface area contributed by atoms with E-state index in [1.807, 2.05) is 0 Å². The van der Waals surface area contributed by atoms with Crippen molar-refractivity contribution in [1.29, 1.82) is 0 Å². The molecule has 0 amide bonds. The summed E-state index contributed by atoms with van der Waals surface area (Å²) in [7, 11) is 1.09. The molecule has 3 N–H and O–H groups in total. The van der Waals surface area contributed by atoms with Gasteiger partial charge in [0.2, 0.25) is 0 Å². The van der Waals surface area contributed by atoms with Crippen molar-refractivity contribution in [3.8, 4) is 5.75 Å². The molecule has 0 aliphatic heterocycles. The van der Waals surface area contributed by atoms with Crippen molar-refractivity contribution in [3.05, 3.63) is 36.0 Å². The summed E-state index contributed by atoms with van der Waals surface area (Å²) in [6.07, 6.45) is 1.00. The van der Waals surface area contributed by atoms with Gasteiger partial charge in [-0.25, -0.2) is 9.59 Å². The van der Waals surface area contributed by atoms with E-state index in [1.54, 1.807) is 12.1 Å². The topological polar surface area (TPSA) is 95.9 Å². The number of hydrogen-bond acceptors (Lipinski definition) is 5. The van der Waals surface area contributed by atoms with Crippen LogP contribution in [0, 0.1) is 0 Å². The van der Waals surface area contributed by atoms with Crippen LogP contribution in [0.5, 0.6) is 5.75 Å². The third kappa shape index (κ3) is 3.53. The third-order valence-corrected chi connectivity index (χ3v) is 1.87. The second kappa shape index (κ2) is 5.55. The molecule has 1 aromatic rings. The van der Waals surface area contributed by atoms with Crippen LogP contribution in [-0.2, 0) is 14.3 Å². The van der Waals surface area contributed by atoms with Crippen LogP contribution in [0.2, 0.25) is 0 Å². The Kier molecular flexibility index (Phi) is 4.10. The number of esters is 1. The lowest BCUT2D eigenvalue weighted by Gasteiger charge is -2.03. The molecule has 1 aromatic carbocycles. The van der Waals surface area contributed by atoms with Crippen LogP contribution in [0.15, 0.2) is 36.0 Å². The quantitative estimate of drug-likeness (QED) is 0.312. The van der Waals surface area contributed by atoms with Crippen molar-refractivity contribution >= 4 is 17.6 Å². The number of phenols is 1. The SMILES string of the molecule is COC(=O)C(=CNc1cccc(O)c1)C(=O)O. The van der Waals surface area contributed by atoms with E-state index in [0.29, 0.717) is 5.69 Å². The molecule has 0 spiro atoms. The Balaban J connectivity index is 2.87. The second-order valence-corrected chi connectivity index (χ2v) is 3.05. The zero-order valence-electron chi connectivity index (χ0n) is 9.01. The van der Waals surface area contributed by atoms with Gasteiger partial charge in [0.1, 0.15) is 5.75 Å². The minimum Gasteiger partial charge on any atom is -0.508 e. The van der Waals surface area contributed by atoms with Crippen LogP contribution < -0.4 is 5.32 Å². The first kappa shape index (κ1) is 12.6. The minimum atomic E-state index is -1.40. The Hall–Kier alpha value is -2.50. The normalized spacial score (nSPS) is 10.8. The lowest BCUT2D eigenvalue weighted by Crippen LogP contribution is -2.15. The molecule has 90 valence electrons. The number of aliphatic carboxylic acids is 1. The standard InChI is InChI=1S/C11H11NO5/c1-17-11(16)9(10(14)15)6-12-7-3-2-4-8(13)5-7/h2-6,12-13H,1H3,(H,14,15). The van der Waals surface area contributed by atoms with Crippen molar-refractivity contribution in [1.82, 2.24) is 0 Å². The van der Waals surface area contributed by atoms with E-state index < -0.39 is 17.5 Å². The average Bonchev–Trinajstić information content (AvgIpc) is 2.28. The maximum Gasteiger partial charge on any atom is 0.346 e. The summed E-state index contributed by atoms with van der Waals surface area (Å²) in [6.45, 7) is 0. The van der Waals surface area contributed by atoms with Crippen molar-refractivity contribution in [2.24, 2.45) is 0 Å². The van der Waals surface area contributed by atoms with Crippen LogP contribution in [0.4, 0.5) is 5.69 Å².